The Morgan fingerprint density at radius 2 is 2.36 bits per heavy atom. The predicted molar refractivity (Wildman–Crippen MR) is 50.6 cm³/mol. The van der Waals surface area contributed by atoms with Crippen LogP contribution in [0.25, 0.3) is 0 Å². The molecule has 0 aliphatic heterocycles. The van der Waals surface area contributed by atoms with Crippen molar-refractivity contribution in [2.75, 3.05) is 0 Å². The fraction of sp³-hybridized carbons (Fsp3) is 0.333. The summed E-state index contributed by atoms with van der Waals surface area (Å²) in [5, 5.41) is 20.6. The average molecular weight is 192 g/mol. The molecule has 1 unspecified atom stereocenters. The Kier molecular flexibility index (Phi) is 2.09. The molecule has 0 fully saturated rings. The van der Waals surface area contributed by atoms with Gasteiger partial charge < -0.3 is 5.11 Å². The minimum absolute atomic E-state index is 0.667. The fourth-order valence-electron chi connectivity index (χ4n) is 1.47. The van der Waals surface area contributed by atoms with Crippen molar-refractivity contribution in [2.45, 2.75) is 13.0 Å². The molecule has 2 rings (SSSR count). The van der Waals surface area contributed by atoms with E-state index in [4.69, 9.17) is 0 Å². The predicted octanol–water partition coefficient (Wildman–Crippen LogP) is 0.533. The van der Waals surface area contributed by atoms with E-state index in [1.54, 1.807) is 17.1 Å². The second kappa shape index (κ2) is 3.26. The highest BCUT2D eigenvalue weighted by molar-refractivity contribution is 5.22. The molecule has 0 bridgehead atoms. The van der Waals surface area contributed by atoms with Crippen molar-refractivity contribution >= 4 is 0 Å². The molecule has 14 heavy (non-hydrogen) atoms. The highest BCUT2D eigenvalue weighted by Crippen LogP contribution is 2.20. The zero-order chi connectivity index (χ0) is 10.1. The minimum atomic E-state index is -0.667. The SMILES string of the molecule is Cc1cc(C(O)c2cn[nH]c2)n(C)n1. The first-order chi connectivity index (χ1) is 6.68. The van der Waals surface area contributed by atoms with E-state index in [0.717, 1.165) is 17.0 Å². The van der Waals surface area contributed by atoms with Gasteiger partial charge in [0.05, 0.1) is 17.6 Å². The number of aliphatic hydroxyl groups excluding tert-OH is 1. The van der Waals surface area contributed by atoms with Crippen LogP contribution in [0.5, 0.6) is 0 Å². The molecule has 2 N–H and O–H groups in total. The molecule has 0 saturated carbocycles. The molecule has 2 aromatic heterocycles. The molecule has 0 saturated heterocycles. The Labute approximate surface area is 81.4 Å². The molecule has 0 amide bonds. The number of aromatic nitrogens is 4. The number of aliphatic hydroxyl groups is 1. The van der Waals surface area contributed by atoms with Gasteiger partial charge in [0.25, 0.3) is 0 Å². The maximum absolute atomic E-state index is 9.95. The summed E-state index contributed by atoms with van der Waals surface area (Å²) in [5.74, 6) is 0. The summed E-state index contributed by atoms with van der Waals surface area (Å²) in [4.78, 5) is 0. The molecule has 0 radical (unpaired) electrons. The lowest BCUT2D eigenvalue weighted by Crippen LogP contribution is -2.05. The Morgan fingerprint density at radius 1 is 1.57 bits per heavy atom. The first-order valence-electron chi connectivity index (χ1n) is 4.36. The highest BCUT2D eigenvalue weighted by Gasteiger charge is 2.15. The molecule has 2 aromatic rings. The van der Waals surface area contributed by atoms with Gasteiger partial charge in [0.15, 0.2) is 0 Å². The van der Waals surface area contributed by atoms with Crippen molar-refractivity contribution in [2.24, 2.45) is 7.05 Å². The summed E-state index contributed by atoms with van der Waals surface area (Å²) < 4.78 is 1.67. The molecular weight excluding hydrogens is 180 g/mol. The Hall–Kier alpha value is -1.62. The van der Waals surface area contributed by atoms with Gasteiger partial charge in [-0.1, -0.05) is 0 Å². The van der Waals surface area contributed by atoms with Gasteiger partial charge in [-0.05, 0) is 13.0 Å². The maximum atomic E-state index is 9.95. The lowest BCUT2D eigenvalue weighted by molar-refractivity contribution is 0.210. The van der Waals surface area contributed by atoms with Crippen LogP contribution in [0.15, 0.2) is 18.5 Å². The van der Waals surface area contributed by atoms with E-state index in [9.17, 15) is 5.11 Å². The van der Waals surface area contributed by atoms with Gasteiger partial charge in [-0.25, -0.2) is 0 Å². The third-order valence-electron chi connectivity index (χ3n) is 2.15. The molecule has 5 heteroatoms. The van der Waals surface area contributed by atoms with Crippen LogP contribution in [0.3, 0.4) is 0 Å². The zero-order valence-electron chi connectivity index (χ0n) is 8.10. The Bertz CT molecular complexity index is 418. The first kappa shape index (κ1) is 8.96. The molecule has 0 aromatic carbocycles. The Morgan fingerprint density at radius 3 is 2.86 bits per heavy atom. The second-order valence-corrected chi connectivity index (χ2v) is 3.27. The van der Waals surface area contributed by atoms with Crippen molar-refractivity contribution in [3.8, 4) is 0 Å². The van der Waals surface area contributed by atoms with Crippen LogP contribution in [0.2, 0.25) is 0 Å². The van der Waals surface area contributed by atoms with Gasteiger partial charge in [-0.2, -0.15) is 10.2 Å². The van der Waals surface area contributed by atoms with Gasteiger partial charge >= 0.3 is 0 Å². The fourth-order valence-corrected chi connectivity index (χ4v) is 1.47. The van der Waals surface area contributed by atoms with Crippen LogP contribution in [-0.4, -0.2) is 25.1 Å². The van der Waals surface area contributed by atoms with Crippen molar-refractivity contribution in [1.29, 1.82) is 0 Å². The van der Waals surface area contributed by atoms with Crippen LogP contribution in [0, 0.1) is 6.92 Å². The van der Waals surface area contributed by atoms with E-state index in [1.165, 1.54) is 0 Å². The first-order valence-corrected chi connectivity index (χ1v) is 4.36. The van der Waals surface area contributed by atoms with Crippen LogP contribution >= 0.6 is 0 Å². The van der Waals surface area contributed by atoms with Gasteiger partial charge in [0.1, 0.15) is 6.10 Å². The number of nitrogens with zero attached hydrogens (tertiary/aromatic N) is 3. The number of nitrogens with one attached hydrogen (secondary N) is 1. The van der Waals surface area contributed by atoms with Crippen LogP contribution in [0.1, 0.15) is 23.1 Å². The van der Waals surface area contributed by atoms with Crippen LogP contribution in [0.4, 0.5) is 0 Å². The van der Waals surface area contributed by atoms with E-state index >= 15 is 0 Å². The summed E-state index contributed by atoms with van der Waals surface area (Å²) >= 11 is 0. The molecule has 0 aliphatic rings. The molecule has 74 valence electrons. The summed E-state index contributed by atoms with van der Waals surface area (Å²) in [6.07, 6.45) is 2.61. The smallest absolute Gasteiger partial charge is 0.124 e. The lowest BCUT2D eigenvalue weighted by atomic mass is 10.1. The van der Waals surface area contributed by atoms with Crippen LogP contribution < -0.4 is 0 Å². The average Bonchev–Trinajstić information content (AvgIpc) is 2.73. The number of hydrogen-bond acceptors (Lipinski definition) is 3. The molecule has 0 spiro atoms. The van der Waals surface area contributed by atoms with Crippen molar-refractivity contribution in [3.63, 3.8) is 0 Å². The number of H-pyrrole nitrogens is 1. The van der Waals surface area contributed by atoms with Gasteiger partial charge in [0.2, 0.25) is 0 Å². The molecule has 5 nitrogen and oxygen atoms in total. The third-order valence-corrected chi connectivity index (χ3v) is 2.15. The largest absolute Gasteiger partial charge is 0.382 e. The van der Waals surface area contributed by atoms with Crippen molar-refractivity contribution < 1.29 is 5.11 Å². The van der Waals surface area contributed by atoms with E-state index in [2.05, 4.69) is 15.3 Å². The molecular formula is C9H12N4O. The van der Waals surface area contributed by atoms with E-state index in [-0.39, 0.29) is 0 Å². The Balaban J connectivity index is 2.36. The summed E-state index contributed by atoms with van der Waals surface area (Å²) in [6, 6.07) is 1.86. The summed E-state index contributed by atoms with van der Waals surface area (Å²) in [5.41, 5.74) is 2.40. The van der Waals surface area contributed by atoms with Gasteiger partial charge in [-0.15, -0.1) is 0 Å². The number of rotatable bonds is 2. The number of aryl methyl sites for hydroxylation is 2. The maximum Gasteiger partial charge on any atom is 0.124 e. The molecule has 1 atom stereocenters. The van der Waals surface area contributed by atoms with E-state index in [1.807, 2.05) is 20.0 Å². The third kappa shape index (κ3) is 1.42. The normalized spacial score (nSPS) is 13.1. The quantitative estimate of drug-likeness (QED) is 0.729. The summed E-state index contributed by atoms with van der Waals surface area (Å²) in [6.45, 7) is 1.89. The lowest BCUT2D eigenvalue weighted by Gasteiger charge is -2.07. The van der Waals surface area contributed by atoms with Gasteiger partial charge in [0, 0.05) is 18.8 Å². The van der Waals surface area contributed by atoms with Crippen molar-refractivity contribution in [3.05, 3.63) is 35.4 Å². The highest BCUT2D eigenvalue weighted by atomic mass is 16.3. The number of aromatic amines is 1. The van der Waals surface area contributed by atoms with E-state index < -0.39 is 6.10 Å². The topological polar surface area (TPSA) is 66.7 Å². The van der Waals surface area contributed by atoms with Crippen molar-refractivity contribution in [1.82, 2.24) is 20.0 Å². The summed E-state index contributed by atoms with van der Waals surface area (Å²) in [7, 11) is 1.81. The van der Waals surface area contributed by atoms with Crippen LogP contribution in [-0.2, 0) is 7.05 Å². The molecule has 0 aliphatic carbocycles. The van der Waals surface area contributed by atoms with E-state index in [0.29, 0.717) is 0 Å². The monoisotopic (exact) mass is 192 g/mol. The molecule has 2 heterocycles. The minimum Gasteiger partial charge on any atom is -0.382 e. The standard InChI is InChI=1S/C9H12N4O/c1-6-3-8(13(2)12-6)9(14)7-4-10-11-5-7/h3-5,9,14H,1-2H3,(H,10,11). The van der Waals surface area contributed by atoms with Gasteiger partial charge in [-0.3, -0.25) is 9.78 Å². The second-order valence-electron chi connectivity index (χ2n) is 3.27. The zero-order valence-corrected chi connectivity index (χ0v) is 8.10. The number of hydrogen-bond donors (Lipinski definition) is 2.